The van der Waals surface area contributed by atoms with Crippen LogP contribution in [0.5, 0.6) is 5.75 Å². The Morgan fingerprint density at radius 3 is 2.81 bits per heavy atom. The van der Waals surface area contributed by atoms with E-state index in [-0.39, 0.29) is 37.5 Å². The molecule has 1 fully saturated rings. The average molecular weight is 523 g/mol. The van der Waals surface area contributed by atoms with Crippen LogP contribution in [0.4, 0.5) is 19.0 Å². The van der Waals surface area contributed by atoms with E-state index < -0.39 is 12.6 Å². The van der Waals surface area contributed by atoms with E-state index in [9.17, 15) is 22.8 Å². The summed E-state index contributed by atoms with van der Waals surface area (Å²) in [5.74, 6) is 1.02. The van der Waals surface area contributed by atoms with Gasteiger partial charge in [0.2, 0.25) is 0 Å². The van der Waals surface area contributed by atoms with E-state index in [4.69, 9.17) is 14.6 Å². The number of carbonyl (C=O) groups excluding carboxylic acids is 2. The average Bonchev–Trinajstić information content (AvgIpc) is 3.60. The van der Waals surface area contributed by atoms with Gasteiger partial charge in [0.05, 0.1) is 12.3 Å². The molecule has 1 atom stereocenters. The van der Waals surface area contributed by atoms with Crippen molar-refractivity contribution in [1.29, 1.82) is 0 Å². The van der Waals surface area contributed by atoms with Crippen molar-refractivity contribution in [3.63, 3.8) is 0 Å². The Hall–Kier alpha value is -3.08. The van der Waals surface area contributed by atoms with E-state index in [1.165, 1.54) is 20.0 Å². The van der Waals surface area contributed by atoms with Crippen LogP contribution in [0.1, 0.15) is 60.1 Å². The van der Waals surface area contributed by atoms with Gasteiger partial charge in [0.25, 0.3) is 11.8 Å². The lowest BCUT2D eigenvalue weighted by atomic mass is 9.96. The Kier molecular flexibility index (Phi) is 8.73. The predicted molar refractivity (Wildman–Crippen MR) is 131 cm³/mol. The first-order chi connectivity index (χ1) is 17.7. The molecule has 2 amide bonds. The molecule has 2 aliphatic rings. The standard InChI is InChI=1S/C26H33F3N4O4/c1-36-16-22(34)31-24-23-21(32-33(24)12-10-17-6-7-17)15-19(30-25(23)35)9-8-18-4-2-5-20(14-18)37-13-3-11-26(27,28)29/h2,4-5,14,17,19H,3,6-13,15-16H2,1H3,(H,30,35)(H,31,34). The highest BCUT2D eigenvalue weighted by Crippen LogP contribution is 2.34. The zero-order valence-electron chi connectivity index (χ0n) is 20.9. The number of hydrogen-bond donors (Lipinski definition) is 2. The number of nitrogens with one attached hydrogen (secondary N) is 2. The molecule has 0 saturated heterocycles. The fourth-order valence-corrected chi connectivity index (χ4v) is 4.50. The maximum atomic E-state index is 13.1. The molecule has 11 heteroatoms. The van der Waals surface area contributed by atoms with Crippen molar-refractivity contribution in [2.24, 2.45) is 5.92 Å². The topological polar surface area (TPSA) is 94.5 Å². The quantitative estimate of drug-likeness (QED) is 0.383. The Morgan fingerprint density at radius 2 is 2.08 bits per heavy atom. The van der Waals surface area contributed by atoms with E-state index in [1.807, 2.05) is 18.2 Å². The number of ether oxygens (including phenoxy) is 2. The fraction of sp³-hybridized carbons (Fsp3) is 0.577. The zero-order chi connectivity index (χ0) is 26.4. The van der Waals surface area contributed by atoms with Crippen LogP contribution in [-0.2, 0) is 28.9 Å². The number of fused-ring (bicyclic) bond motifs is 1. The van der Waals surface area contributed by atoms with Crippen LogP contribution in [0, 0.1) is 5.92 Å². The van der Waals surface area contributed by atoms with Crippen molar-refractivity contribution in [3.8, 4) is 5.75 Å². The molecule has 0 bridgehead atoms. The number of methoxy groups -OCH3 is 1. The maximum Gasteiger partial charge on any atom is 0.389 e. The van der Waals surface area contributed by atoms with Crippen molar-refractivity contribution < 1.29 is 32.2 Å². The molecule has 1 aliphatic heterocycles. The van der Waals surface area contributed by atoms with Gasteiger partial charge < -0.3 is 20.1 Å². The van der Waals surface area contributed by atoms with E-state index >= 15 is 0 Å². The summed E-state index contributed by atoms with van der Waals surface area (Å²) in [5.41, 5.74) is 2.04. The van der Waals surface area contributed by atoms with Gasteiger partial charge in [-0.05, 0) is 49.3 Å². The number of hydrogen-bond acceptors (Lipinski definition) is 5. The van der Waals surface area contributed by atoms with Crippen LogP contribution in [-0.4, -0.2) is 54.1 Å². The third-order valence-corrected chi connectivity index (χ3v) is 6.56. The first-order valence-corrected chi connectivity index (χ1v) is 12.7. The number of halogens is 3. The largest absolute Gasteiger partial charge is 0.494 e. The molecule has 1 unspecified atom stereocenters. The summed E-state index contributed by atoms with van der Waals surface area (Å²) in [4.78, 5) is 25.3. The molecule has 8 nitrogen and oxygen atoms in total. The minimum atomic E-state index is -4.18. The van der Waals surface area contributed by atoms with Gasteiger partial charge in [-0.15, -0.1) is 0 Å². The summed E-state index contributed by atoms with van der Waals surface area (Å²) in [6.45, 7) is 0.517. The molecule has 2 aromatic rings. The number of alkyl halides is 3. The Bertz CT molecular complexity index is 1100. The van der Waals surface area contributed by atoms with E-state index in [1.54, 1.807) is 10.7 Å². The first-order valence-electron chi connectivity index (χ1n) is 12.7. The van der Waals surface area contributed by atoms with Crippen molar-refractivity contribution in [1.82, 2.24) is 15.1 Å². The van der Waals surface area contributed by atoms with Crippen molar-refractivity contribution in [3.05, 3.63) is 41.1 Å². The maximum absolute atomic E-state index is 13.1. The number of aromatic nitrogens is 2. The summed E-state index contributed by atoms with van der Waals surface area (Å²) in [6.07, 6.45) is 0.0618. The van der Waals surface area contributed by atoms with Gasteiger partial charge in [0, 0.05) is 32.5 Å². The summed E-state index contributed by atoms with van der Waals surface area (Å²) in [6, 6.07) is 7.14. The summed E-state index contributed by atoms with van der Waals surface area (Å²) in [7, 11) is 1.44. The van der Waals surface area contributed by atoms with Gasteiger partial charge in [-0.25, -0.2) is 4.68 Å². The van der Waals surface area contributed by atoms with E-state index in [2.05, 4.69) is 10.6 Å². The Labute approximate surface area is 213 Å². The highest BCUT2D eigenvalue weighted by Gasteiger charge is 2.33. The molecule has 1 saturated carbocycles. The minimum Gasteiger partial charge on any atom is -0.494 e. The molecule has 2 N–H and O–H groups in total. The van der Waals surface area contributed by atoms with Crippen molar-refractivity contribution >= 4 is 17.6 Å². The predicted octanol–water partition coefficient (Wildman–Crippen LogP) is 4.28. The smallest absolute Gasteiger partial charge is 0.389 e. The first kappa shape index (κ1) is 27.0. The molecule has 1 aromatic carbocycles. The van der Waals surface area contributed by atoms with Crippen molar-refractivity contribution in [2.45, 2.75) is 70.1 Å². The minimum absolute atomic E-state index is 0.00290. The second-order valence-corrected chi connectivity index (χ2v) is 9.73. The van der Waals surface area contributed by atoms with Gasteiger partial charge in [-0.2, -0.15) is 18.3 Å². The lowest BCUT2D eigenvalue weighted by Crippen LogP contribution is -2.41. The lowest BCUT2D eigenvalue weighted by molar-refractivity contribution is -0.136. The molecule has 0 radical (unpaired) electrons. The van der Waals surface area contributed by atoms with Crippen LogP contribution in [0.25, 0.3) is 0 Å². The summed E-state index contributed by atoms with van der Waals surface area (Å²) in [5, 5.41) is 10.5. The van der Waals surface area contributed by atoms with Crippen LogP contribution in [0.3, 0.4) is 0 Å². The van der Waals surface area contributed by atoms with Gasteiger partial charge in [-0.3, -0.25) is 9.59 Å². The Balaban J connectivity index is 1.36. The molecule has 0 spiro atoms. The van der Waals surface area contributed by atoms with E-state index in [0.29, 0.717) is 54.5 Å². The van der Waals surface area contributed by atoms with Crippen molar-refractivity contribution in [2.75, 3.05) is 25.6 Å². The number of anilines is 1. The van der Waals surface area contributed by atoms with Crippen LogP contribution in [0.15, 0.2) is 24.3 Å². The highest BCUT2D eigenvalue weighted by atomic mass is 19.4. The monoisotopic (exact) mass is 522 g/mol. The van der Waals surface area contributed by atoms with Crippen LogP contribution >= 0.6 is 0 Å². The van der Waals surface area contributed by atoms with Gasteiger partial charge in [0.15, 0.2) is 0 Å². The fourth-order valence-electron chi connectivity index (χ4n) is 4.50. The third kappa shape index (κ3) is 7.95. The number of amides is 2. The number of aryl methyl sites for hydroxylation is 2. The van der Waals surface area contributed by atoms with Gasteiger partial charge in [-0.1, -0.05) is 25.0 Å². The molecular formula is C26H33F3N4O4. The molecule has 37 heavy (non-hydrogen) atoms. The number of benzene rings is 1. The molecular weight excluding hydrogens is 489 g/mol. The van der Waals surface area contributed by atoms with E-state index in [0.717, 1.165) is 12.0 Å². The lowest BCUT2D eigenvalue weighted by Gasteiger charge is -2.23. The highest BCUT2D eigenvalue weighted by molar-refractivity contribution is 6.04. The number of nitrogens with zero attached hydrogens (tertiary/aromatic N) is 2. The number of rotatable bonds is 13. The summed E-state index contributed by atoms with van der Waals surface area (Å²) < 4.78 is 49.1. The summed E-state index contributed by atoms with van der Waals surface area (Å²) >= 11 is 0. The van der Waals surface area contributed by atoms with Gasteiger partial charge in [0.1, 0.15) is 23.7 Å². The second-order valence-electron chi connectivity index (χ2n) is 9.73. The third-order valence-electron chi connectivity index (χ3n) is 6.56. The molecule has 1 aliphatic carbocycles. The molecule has 4 rings (SSSR count). The molecule has 202 valence electrons. The normalized spacial score (nSPS) is 17.3. The second kappa shape index (κ2) is 12.0. The van der Waals surface area contributed by atoms with Gasteiger partial charge >= 0.3 is 6.18 Å². The Morgan fingerprint density at radius 1 is 1.27 bits per heavy atom. The number of carbonyl (C=O) groups is 2. The van der Waals surface area contributed by atoms with Crippen LogP contribution < -0.4 is 15.4 Å². The SMILES string of the molecule is COCC(=O)Nc1c2c(nn1CCC1CC1)CC(CCc1cccc(OCCCC(F)(F)F)c1)NC2=O. The molecule has 1 aromatic heterocycles. The zero-order valence-corrected chi connectivity index (χ0v) is 20.9. The molecule has 2 heterocycles. The van der Waals surface area contributed by atoms with Crippen LogP contribution in [0.2, 0.25) is 0 Å².